The van der Waals surface area contributed by atoms with Gasteiger partial charge in [-0.15, -0.1) is 0 Å². The van der Waals surface area contributed by atoms with Gasteiger partial charge in [-0.3, -0.25) is 18.7 Å². The number of alkyl halides is 2. The molecule has 39 heavy (non-hydrogen) atoms. The summed E-state index contributed by atoms with van der Waals surface area (Å²) in [5.41, 5.74) is 2.06. The fourth-order valence-corrected chi connectivity index (χ4v) is 4.37. The molecule has 0 spiro atoms. The van der Waals surface area contributed by atoms with E-state index in [-0.39, 0.29) is 22.9 Å². The first-order chi connectivity index (χ1) is 18.7. The molecule has 3 heterocycles. The maximum Gasteiger partial charge on any atom is 0.387 e. The van der Waals surface area contributed by atoms with Gasteiger partial charge in [0.15, 0.2) is 0 Å². The molecule has 1 fully saturated rings. The first-order valence-electron chi connectivity index (χ1n) is 11.9. The van der Waals surface area contributed by atoms with Crippen LogP contribution in [0.15, 0.2) is 43.0 Å². The largest absolute Gasteiger partial charge is 0.496 e. The van der Waals surface area contributed by atoms with Crippen LogP contribution in [0.4, 0.5) is 8.78 Å². The molecule has 202 valence electrons. The van der Waals surface area contributed by atoms with E-state index in [4.69, 9.17) is 9.47 Å². The van der Waals surface area contributed by atoms with Gasteiger partial charge < -0.3 is 24.7 Å². The van der Waals surface area contributed by atoms with Gasteiger partial charge in [0.1, 0.15) is 34.9 Å². The highest BCUT2D eigenvalue weighted by Gasteiger charge is 2.30. The van der Waals surface area contributed by atoms with Gasteiger partial charge in [0.05, 0.1) is 25.2 Å². The zero-order valence-corrected chi connectivity index (χ0v) is 20.8. The minimum atomic E-state index is -3.21. The van der Waals surface area contributed by atoms with E-state index in [1.54, 1.807) is 19.3 Å². The van der Waals surface area contributed by atoms with Gasteiger partial charge in [0, 0.05) is 36.6 Å². The number of fused-ring (bicyclic) bond motifs is 1. The highest BCUT2D eigenvalue weighted by molar-refractivity contribution is 6.01. The van der Waals surface area contributed by atoms with E-state index in [9.17, 15) is 28.3 Å². The first-order valence-corrected chi connectivity index (χ1v) is 11.9. The van der Waals surface area contributed by atoms with Gasteiger partial charge in [0.2, 0.25) is 0 Å². The van der Waals surface area contributed by atoms with Crippen LogP contribution in [0.1, 0.15) is 34.7 Å². The van der Waals surface area contributed by atoms with Crippen LogP contribution in [0.3, 0.4) is 0 Å². The Labute approximate surface area is 220 Å². The van der Waals surface area contributed by atoms with Crippen LogP contribution in [-0.4, -0.2) is 62.2 Å². The number of rotatable bonds is 10. The number of amides is 1. The summed E-state index contributed by atoms with van der Waals surface area (Å²) in [6.07, 6.45) is 8.03. The Morgan fingerprint density at radius 3 is 2.49 bits per heavy atom. The second kappa shape index (κ2) is 10.2. The molecule has 1 amide bonds. The third kappa shape index (κ3) is 5.02. The van der Waals surface area contributed by atoms with Crippen molar-refractivity contribution in [2.24, 2.45) is 7.05 Å². The molecule has 1 aromatic carbocycles. The summed E-state index contributed by atoms with van der Waals surface area (Å²) < 4.78 is 39.9. The van der Waals surface area contributed by atoms with E-state index in [0.717, 1.165) is 12.8 Å². The fraction of sp³-hybridized carbons (Fsp3) is 0.269. The molecule has 1 saturated carbocycles. The van der Waals surface area contributed by atoms with Crippen LogP contribution in [0.5, 0.6) is 11.5 Å². The number of hydrogen-bond donors (Lipinski definition) is 2. The van der Waals surface area contributed by atoms with E-state index in [0.29, 0.717) is 34.3 Å². The summed E-state index contributed by atoms with van der Waals surface area (Å²) in [5, 5.41) is 16.6. The third-order valence-corrected chi connectivity index (χ3v) is 6.37. The molecule has 0 saturated heterocycles. The second-order valence-electron chi connectivity index (χ2n) is 9.05. The number of aryl methyl sites for hydroxylation is 1. The summed E-state index contributed by atoms with van der Waals surface area (Å²) in [4.78, 5) is 41.0. The maximum absolute atomic E-state index is 13.4. The van der Waals surface area contributed by atoms with Gasteiger partial charge in [-0.2, -0.15) is 13.9 Å². The number of hydrogen-bond acceptors (Lipinski definition) is 7. The number of carboxylic acids is 1. The molecule has 11 nitrogen and oxygen atoms in total. The quantitative estimate of drug-likeness (QED) is 0.231. The maximum atomic E-state index is 13.4. The van der Waals surface area contributed by atoms with Crippen molar-refractivity contribution in [1.82, 2.24) is 24.5 Å². The summed E-state index contributed by atoms with van der Waals surface area (Å²) in [6, 6.07) is 4.32. The monoisotopic (exact) mass is 539 g/mol. The van der Waals surface area contributed by atoms with E-state index >= 15 is 0 Å². The zero-order chi connectivity index (χ0) is 27.8. The minimum absolute atomic E-state index is 0.000224. The average Bonchev–Trinajstić information content (AvgIpc) is 3.43. The van der Waals surface area contributed by atoms with Crippen molar-refractivity contribution in [2.75, 3.05) is 7.11 Å². The summed E-state index contributed by atoms with van der Waals surface area (Å²) in [5.74, 6) is -3.85. The smallest absolute Gasteiger partial charge is 0.387 e. The van der Waals surface area contributed by atoms with Crippen molar-refractivity contribution < 1.29 is 37.7 Å². The summed E-state index contributed by atoms with van der Waals surface area (Å²) in [7, 11) is 3.00. The molecular weight excluding hydrogens is 516 g/mol. The Morgan fingerprint density at radius 1 is 1.15 bits per heavy atom. The van der Waals surface area contributed by atoms with E-state index < -0.39 is 30.2 Å². The molecule has 1 atom stereocenters. The molecule has 2 N–H and O–H groups in total. The molecule has 0 radical (unpaired) electrons. The lowest BCUT2D eigenvalue weighted by molar-refractivity contribution is -0.140. The first kappa shape index (κ1) is 25.8. The number of benzene rings is 1. The zero-order valence-electron chi connectivity index (χ0n) is 20.8. The Balaban J connectivity index is 1.70. The molecule has 13 heteroatoms. The second-order valence-corrected chi connectivity index (χ2v) is 9.05. The number of methoxy groups -OCH3 is 1. The van der Waals surface area contributed by atoms with Crippen molar-refractivity contribution >= 4 is 23.8 Å². The van der Waals surface area contributed by atoms with E-state index in [1.165, 1.54) is 46.9 Å². The SMILES string of the molecule is COc1cc(-c2cnc3cc(-c4cnn(C)c4)c(C(C=O)C(=O)O)cn23)cc(OC(F)F)c1C(=O)NC1CC1. The van der Waals surface area contributed by atoms with E-state index in [1.807, 2.05) is 0 Å². The molecule has 5 rings (SSSR count). The lowest BCUT2D eigenvalue weighted by Gasteiger charge is -2.17. The third-order valence-electron chi connectivity index (χ3n) is 6.37. The molecular formula is C26H23F2N5O6. The van der Waals surface area contributed by atoms with E-state index in [2.05, 4.69) is 15.4 Å². The lowest BCUT2D eigenvalue weighted by Crippen LogP contribution is -2.26. The molecule has 0 aliphatic heterocycles. The normalized spacial score (nSPS) is 13.9. The number of aldehydes is 1. The Hall–Kier alpha value is -4.81. The van der Waals surface area contributed by atoms with Crippen LogP contribution in [0.25, 0.3) is 28.0 Å². The number of pyridine rings is 1. The van der Waals surface area contributed by atoms with Gasteiger partial charge in [-0.05, 0) is 42.2 Å². The number of halogens is 2. The number of carbonyl (C=O) groups is 3. The van der Waals surface area contributed by atoms with Crippen molar-refractivity contribution in [3.8, 4) is 33.9 Å². The standard InChI is InChI=1S/C26H23F2N5O6/c1-32-10-14(8-30-32)16-7-22-29-9-19(33(22)11-17(16)18(12-34)25(36)37)13-5-20(38-2)23(21(6-13)39-26(27)28)24(35)31-15-3-4-15/h5-12,15,18,26H,3-4H2,1-2H3,(H,31,35)(H,36,37). The Morgan fingerprint density at radius 2 is 1.90 bits per heavy atom. The van der Waals surface area contributed by atoms with Gasteiger partial charge in [-0.25, -0.2) is 4.98 Å². The lowest BCUT2D eigenvalue weighted by atomic mass is 9.94. The van der Waals surface area contributed by atoms with Gasteiger partial charge in [-0.1, -0.05) is 0 Å². The van der Waals surface area contributed by atoms with Gasteiger partial charge >= 0.3 is 12.6 Å². The molecule has 1 aliphatic rings. The van der Waals surface area contributed by atoms with Crippen molar-refractivity contribution in [3.63, 3.8) is 0 Å². The molecule has 3 aromatic heterocycles. The van der Waals surface area contributed by atoms with Crippen LogP contribution >= 0.6 is 0 Å². The predicted molar refractivity (Wildman–Crippen MR) is 133 cm³/mol. The molecule has 4 aromatic rings. The van der Waals surface area contributed by atoms with Crippen LogP contribution in [-0.2, 0) is 16.6 Å². The minimum Gasteiger partial charge on any atom is -0.496 e. The number of aliphatic carboxylic acids is 1. The molecule has 0 bridgehead atoms. The number of imidazole rings is 1. The van der Waals surface area contributed by atoms with Crippen LogP contribution < -0.4 is 14.8 Å². The van der Waals surface area contributed by atoms with Gasteiger partial charge in [0.25, 0.3) is 5.91 Å². The molecule has 1 unspecified atom stereocenters. The number of aromatic nitrogens is 4. The fourth-order valence-electron chi connectivity index (χ4n) is 4.37. The van der Waals surface area contributed by atoms with Crippen LogP contribution in [0.2, 0.25) is 0 Å². The average molecular weight is 539 g/mol. The molecule has 1 aliphatic carbocycles. The number of nitrogens with zero attached hydrogens (tertiary/aromatic N) is 4. The number of nitrogens with one attached hydrogen (secondary N) is 1. The van der Waals surface area contributed by atoms with Crippen molar-refractivity contribution in [1.29, 1.82) is 0 Å². The Bertz CT molecular complexity index is 1590. The number of carbonyl (C=O) groups excluding carboxylic acids is 2. The van der Waals surface area contributed by atoms with Crippen molar-refractivity contribution in [2.45, 2.75) is 31.4 Å². The number of carboxylic acid groups (broad SMARTS) is 1. The predicted octanol–water partition coefficient (Wildman–Crippen LogP) is 3.27. The number of ether oxygens (including phenoxy) is 2. The summed E-state index contributed by atoms with van der Waals surface area (Å²) >= 11 is 0. The highest BCUT2D eigenvalue weighted by atomic mass is 19.3. The highest BCUT2D eigenvalue weighted by Crippen LogP contribution is 2.38. The summed E-state index contributed by atoms with van der Waals surface area (Å²) in [6.45, 7) is -3.21. The van der Waals surface area contributed by atoms with Crippen molar-refractivity contribution in [3.05, 3.63) is 54.1 Å². The topological polar surface area (TPSA) is 137 Å². The van der Waals surface area contributed by atoms with Crippen LogP contribution in [0, 0.1) is 0 Å². The Kier molecular flexibility index (Phi) is 6.73.